The summed E-state index contributed by atoms with van der Waals surface area (Å²) in [6, 6.07) is 10.3. The van der Waals surface area contributed by atoms with E-state index in [1.807, 2.05) is 0 Å². The third-order valence-corrected chi connectivity index (χ3v) is 4.43. The Morgan fingerprint density at radius 2 is 1.22 bits per heavy atom. The van der Waals surface area contributed by atoms with Crippen molar-refractivity contribution in [2.24, 2.45) is 0 Å². The number of hydrogen-bond donors (Lipinski definition) is 2. The highest BCUT2D eigenvalue weighted by atomic mass is 32.2. The molecule has 2 aromatic rings. The van der Waals surface area contributed by atoms with Crippen molar-refractivity contribution in [1.82, 2.24) is 0 Å². The van der Waals surface area contributed by atoms with Crippen molar-refractivity contribution in [3.05, 3.63) is 54.1 Å². The molecule has 0 spiro atoms. The lowest BCUT2D eigenvalue weighted by atomic mass is 10.00. The highest BCUT2D eigenvalue weighted by Gasteiger charge is 2.54. The van der Waals surface area contributed by atoms with Crippen LogP contribution in [-0.2, 0) is 15.6 Å². The summed E-state index contributed by atoms with van der Waals surface area (Å²) in [6.07, 6.45) is -4.15. The fourth-order valence-corrected chi connectivity index (χ4v) is 2.58. The largest absolute Gasteiger partial charge is 0.447 e. The van der Waals surface area contributed by atoms with Crippen LogP contribution in [0, 0.1) is 0 Å². The Morgan fingerprint density at radius 3 is 1.57 bits per heavy atom. The van der Waals surface area contributed by atoms with Crippen LogP contribution in [0.1, 0.15) is 5.56 Å². The standard InChI is InChI=1S/C15H13F3O4S/c1-23(21,22)13-8-4-11(5-9-13)10-2-6-12(7-3-10)14(19,20)15(16,17)18/h2-9,19-20H,1H3. The van der Waals surface area contributed by atoms with E-state index < -0.39 is 27.4 Å². The molecule has 0 unspecified atom stereocenters. The lowest BCUT2D eigenvalue weighted by molar-refractivity contribution is -0.358. The number of aliphatic hydroxyl groups is 2. The third-order valence-electron chi connectivity index (χ3n) is 3.30. The predicted octanol–water partition coefficient (Wildman–Crippen LogP) is 2.46. The van der Waals surface area contributed by atoms with Crippen LogP contribution in [0.25, 0.3) is 11.1 Å². The second kappa shape index (κ2) is 5.63. The van der Waals surface area contributed by atoms with E-state index in [0.29, 0.717) is 11.1 Å². The smallest absolute Gasteiger partial charge is 0.355 e. The number of halogens is 3. The summed E-state index contributed by atoms with van der Waals surface area (Å²) in [5, 5.41) is 18.3. The molecule has 0 aromatic heterocycles. The maximum Gasteiger partial charge on any atom is 0.447 e. The molecule has 0 aliphatic rings. The van der Waals surface area contributed by atoms with Gasteiger partial charge in [0, 0.05) is 11.8 Å². The molecular formula is C15H13F3O4S. The minimum absolute atomic E-state index is 0.125. The molecule has 23 heavy (non-hydrogen) atoms. The van der Waals surface area contributed by atoms with Crippen LogP contribution in [0.4, 0.5) is 13.2 Å². The highest BCUT2D eigenvalue weighted by molar-refractivity contribution is 7.90. The zero-order valence-electron chi connectivity index (χ0n) is 11.9. The molecule has 0 saturated carbocycles. The van der Waals surface area contributed by atoms with Gasteiger partial charge in [-0.15, -0.1) is 0 Å². The van der Waals surface area contributed by atoms with Crippen LogP contribution >= 0.6 is 0 Å². The van der Waals surface area contributed by atoms with Crippen LogP contribution in [0.3, 0.4) is 0 Å². The van der Waals surface area contributed by atoms with E-state index in [2.05, 4.69) is 0 Å². The van der Waals surface area contributed by atoms with E-state index in [4.69, 9.17) is 0 Å². The molecule has 0 saturated heterocycles. The zero-order chi connectivity index (χ0) is 17.5. The molecule has 0 aliphatic heterocycles. The Labute approximate surface area is 130 Å². The minimum atomic E-state index is -5.22. The summed E-state index contributed by atoms with van der Waals surface area (Å²) in [5.41, 5.74) is 0.380. The lowest BCUT2D eigenvalue weighted by Gasteiger charge is -2.24. The molecule has 124 valence electrons. The Hall–Kier alpha value is -1.90. The third kappa shape index (κ3) is 3.54. The maximum absolute atomic E-state index is 12.5. The predicted molar refractivity (Wildman–Crippen MR) is 77.2 cm³/mol. The molecule has 0 atom stereocenters. The van der Waals surface area contributed by atoms with Gasteiger partial charge in [0.15, 0.2) is 9.84 Å². The van der Waals surface area contributed by atoms with Gasteiger partial charge < -0.3 is 10.2 Å². The first-order valence-electron chi connectivity index (χ1n) is 6.35. The van der Waals surface area contributed by atoms with Crippen molar-refractivity contribution in [1.29, 1.82) is 0 Å². The molecule has 0 fully saturated rings. The topological polar surface area (TPSA) is 74.6 Å². The van der Waals surface area contributed by atoms with E-state index in [1.165, 1.54) is 36.4 Å². The highest BCUT2D eigenvalue weighted by Crippen LogP contribution is 2.37. The summed E-state index contributed by atoms with van der Waals surface area (Å²) in [7, 11) is -3.34. The number of hydrogen-bond acceptors (Lipinski definition) is 4. The zero-order valence-corrected chi connectivity index (χ0v) is 12.7. The van der Waals surface area contributed by atoms with Gasteiger partial charge in [-0.2, -0.15) is 13.2 Å². The maximum atomic E-state index is 12.5. The number of benzene rings is 2. The molecule has 4 nitrogen and oxygen atoms in total. The molecular weight excluding hydrogens is 333 g/mol. The Balaban J connectivity index is 2.34. The normalized spacial score (nSPS) is 13.1. The Bertz CT molecular complexity index is 792. The first kappa shape index (κ1) is 17.5. The molecule has 2 aromatic carbocycles. The van der Waals surface area contributed by atoms with Crippen LogP contribution in [0.2, 0.25) is 0 Å². The number of alkyl halides is 3. The molecule has 0 radical (unpaired) electrons. The van der Waals surface area contributed by atoms with Crippen molar-refractivity contribution >= 4 is 9.84 Å². The van der Waals surface area contributed by atoms with Gasteiger partial charge in [0.2, 0.25) is 0 Å². The van der Waals surface area contributed by atoms with Crippen LogP contribution in [-0.4, -0.2) is 31.1 Å². The first-order chi connectivity index (χ1) is 10.4. The summed E-state index contributed by atoms with van der Waals surface area (Å²) < 4.78 is 60.4. The molecule has 0 amide bonds. The van der Waals surface area contributed by atoms with Gasteiger partial charge in [-0.25, -0.2) is 8.42 Å². The van der Waals surface area contributed by atoms with Gasteiger partial charge in [0.1, 0.15) is 0 Å². The SMILES string of the molecule is CS(=O)(=O)c1ccc(-c2ccc(C(O)(O)C(F)(F)F)cc2)cc1. The number of sulfone groups is 1. The van der Waals surface area contributed by atoms with Gasteiger partial charge in [-0.3, -0.25) is 0 Å². The average Bonchev–Trinajstić information content (AvgIpc) is 2.45. The van der Waals surface area contributed by atoms with Crippen molar-refractivity contribution < 1.29 is 31.8 Å². The van der Waals surface area contributed by atoms with Gasteiger partial charge in [0.05, 0.1) is 4.90 Å². The molecule has 0 aliphatic carbocycles. The Morgan fingerprint density at radius 1 is 0.826 bits per heavy atom. The first-order valence-corrected chi connectivity index (χ1v) is 8.24. The Kier molecular flexibility index (Phi) is 4.27. The average molecular weight is 346 g/mol. The lowest BCUT2D eigenvalue weighted by Crippen LogP contribution is -2.41. The van der Waals surface area contributed by atoms with E-state index in [-0.39, 0.29) is 4.90 Å². The van der Waals surface area contributed by atoms with Gasteiger partial charge in [-0.05, 0) is 23.3 Å². The summed E-state index contributed by atoms with van der Waals surface area (Å²) in [6.45, 7) is 0. The fraction of sp³-hybridized carbons (Fsp3) is 0.200. The van der Waals surface area contributed by atoms with E-state index in [1.54, 1.807) is 0 Å². The quantitative estimate of drug-likeness (QED) is 0.838. The van der Waals surface area contributed by atoms with Crippen LogP contribution in [0.15, 0.2) is 53.4 Å². The van der Waals surface area contributed by atoms with Gasteiger partial charge in [-0.1, -0.05) is 36.4 Å². The molecule has 2 N–H and O–H groups in total. The second-order valence-corrected chi connectivity index (χ2v) is 7.06. The van der Waals surface area contributed by atoms with E-state index >= 15 is 0 Å². The van der Waals surface area contributed by atoms with E-state index in [0.717, 1.165) is 18.4 Å². The summed E-state index contributed by atoms with van der Waals surface area (Å²) >= 11 is 0. The van der Waals surface area contributed by atoms with E-state index in [9.17, 15) is 31.8 Å². The monoisotopic (exact) mass is 346 g/mol. The molecule has 0 bridgehead atoms. The van der Waals surface area contributed by atoms with Crippen molar-refractivity contribution in [3.8, 4) is 11.1 Å². The minimum Gasteiger partial charge on any atom is -0.355 e. The second-order valence-electron chi connectivity index (χ2n) is 5.04. The van der Waals surface area contributed by atoms with Gasteiger partial charge >= 0.3 is 6.18 Å². The van der Waals surface area contributed by atoms with Crippen molar-refractivity contribution in [2.75, 3.05) is 6.26 Å². The van der Waals surface area contributed by atoms with Crippen LogP contribution < -0.4 is 0 Å². The van der Waals surface area contributed by atoms with Gasteiger partial charge in [0.25, 0.3) is 5.79 Å². The number of rotatable bonds is 3. The molecule has 2 rings (SSSR count). The van der Waals surface area contributed by atoms with Crippen molar-refractivity contribution in [3.63, 3.8) is 0 Å². The molecule has 0 heterocycles. The molecule has 8 heteroatoms. The summed E-state index contributed by atoms with van der Waals surface area (Å²) in [4.78, 5) is 0.125. The fourth-order valence-electron chi connectivity index (χ4n) is 1.95. The summed E-state index contributed by atoms with van der Waals surface area (Å²) in [5.74, 6) is -3.92. The van der Waals surface area contributed by atoms with Crippen molar-refractivity contribution in [2.45, 2.75) is 16.9 Å². The van der Waals surface area contributed by atoms with Crippen LogP contribution in [0.5, 0.6) is 0 Å².